The molecule has 3 N–H and O–H groups in total. The molecule has 0 aliphatic heterocycles. The van der Waals surface area contributed by atoms with E-state index in [4.69, 9.17) is 9.84 Å². The van der Waals surface area contributed by atoms with Crippen molar-refractivity contribution in [2.45, 2.75) is 25.6 Å². The van der Waals surface area contributed by atoms with Crippen LogP contribution in [-0.2, 0) is 4.74 Å². The molecule has 0 aliphatic rings. The van der Waals surface area contributed by atoms with E-state index in [1.807, 2.05) is 0 Å². The molecule has 0 amide bonds. The Labute approximate surface area is 73.5 Å². The van der Waals surface area contributed by atoms with Crippen LogP contribution in [0, 0.1) is 0 Å². The molecule has 12 heavy (non-hydrogen) atoms. The predicted molar refractivity (Wildman–Crippen MR) is 47.1 cm³/mol. The zero-order valence-electron chi connectivity index (χ0n) is 7.79. The zero-order chi connectivity index (χ0) is 9.40. The van der Waals surface area contributed by atoms with Crippen LogP contribution in [-0.4, -0.2) is 49.2 Å². The van der Waals surface area contributed by atoms with Gasteiger partial charge in [0.05, 0.1) is 18.8 Å². The van der Waals surface area contributed by atoms with Crippen LogP contribution in [0.2, 0.25) is 0 Å². The van der Waals surface area contributed by atoms with Gasteiger partial charge in [0.2, 0.25) is 0 Å². The molecule has 0 bridgehead atoms. The van der Waals surface area contributed by atoms with Crippen molar-refractivity contribution in [2.24, 2.45) is 0 Å². The summed E-state index contributed by atoms with van der Waals surface area (Å²) in [5.41, 5.74) is 0. The first kappa shape index (κ1) is 11.8. The first-order chi connectivity index (χ1) is 5.66. The molecule has 0 saturated heterocycles. The molecule has 4 heteroatoms. The van der Waals surface area contributed by atoms with Crippen LogP contribution >= 0.6 is 0 Å². The Morgan fingerprint density at radius 3 is 2.58 bits per heavy atom. The van der Waals surface area contributed by atoms with E-state index in [2.05, 4.69) is 5.32 Å². The lowest BCUT2D eigenvalue weighted by molar-refractivity contribution is 0.0588. The molecule has 0 aliphatic carbocycles. The summed E-state index contributed by atoms with van der Waals surface area (Å²) < 4.78 is 4.75. The van der Waals surface area contributed by atoms with Crippen LogP contribution in [0.5, 0.6) is 0 Å². The SMILES string of the molecule is COCC(O)CCNCC(C)O. The van der Waals surface area contributed by atoms with Crippen LogP contribution in [0.15, 0.2) is 0 Å². The van der Waals surface area contributed by atoms with E-state index in [0.717, 1.165) is 0 Å². The number of ether oxygens (including phenoxy) is 1. The molecular formula is C8H19NO3. The van der Waals surface area contributed by atoms with Gasteiger partial charge in [0.1, 0.15) is 0 Å². The monoisotopic (exact) mass is 177 g/mol. The van der Waals surface area contributed by atoms with Gasteiger partial charge in [-0.2, -0.15) is 0 Å². The molecule has 2 unspecified atom stereocenters. The Morgan fingerprint density at radius 2 is 2.08 bits per heavy atom. The van der Waals surface area contributed by atoms with Gasteiger partial charge in [-0.05, 0) is 19.9 Å². The molecule has 0 aromatic carbocycles. The minimum Gasteiger partial charge on any atom is -0.392 e. The molecule has 0 radical (unpaired) electrons. The van der Waals surface area contributed by atoms with Gasteiger partial charge in [0.25, 0.3) is 0 Å². The van der Waals surface area contributed by atoms with Gasteiger partial charge in [-0.3, -0.25) is 0 Å². The number of rotatable bonds is 7. The molecule has 0 rings (SSSR count). The highest BCUT2D eigenvalue weighted by molar-refractivity contribution is 4.58. The number of nitrogens with one attached hydrogen (secondary N) is 1. The van der Waals surface area contributed by atoms with E-state index in [1.165, 1.54) is 0 Å². The van der Waals surface area contributed by atoms with Crippen LogP contribution in [0.3, 0.4) is 0 Å². The zero-order valence-corrected chi connectivity index (χ0v) is 7.79. The second-order valence-corrected chi connectivity index (χ2v) is 2.95. The summed E-state index contributed by atoms with van der Waals surface area (Å²) >= 11 is 0. The molecule has 74 valence electrons. The maximum absolute atomic E-state index is 9.19. The van der Waals surface area contributed by atoms with Gasteiger partial charge in [-0.25, -0.2) is 0 Å². The molecule has 0 heterocycles. The average molecular weight is 177 g/mol. The van der Waals surface area contributed by atoms with E-state index in [-0.39, 0.29) is 6.10 Å². The summed E-state index contributed by atoms with van der Waals surface area (Å²) in [5.74, 6) is 0. The maximum atomic E-state index is 9.19. The fraction of sp³-hybridized carbons (Fsp3) is 1.00. The van der Waals surface area contributed by atoms with Crippen LogP contribution < -0.4 is 5.32 Å². The molecule has 4 nitrogen and oxygen atoms in total. The standard InChI is InChI=1S/C8H19NO3/c1-7(10)5-9-4-3-8(11)6-12-2/h7-11H,3-6H2,1-2H3. The van der Waals surface area contributed by atoms with Gasteiger partial charge in [0, 0.05) is 13.7 Å². The largest absolute Gasteiger partial charge is 0.392 e. The summed E-state index contributed by atoms with van der Waals surface area (Å²) in [6, 6.07) is 0. The Bertz CT molecular complexity index is 98.3. The van der Waals surface area contributed by atoms with Gasteiger partial charge in [-0.15, -0.1) is 0 Å². The average Bonchev–Trinajstić information content (AvgIpc) is 1.98. The second-order valence-electron chi connectivity index (χ2n) is 2.95. The predicted octanol–water partition coefficient (Wildman–Crippen LogP) is -0.646. The minimum absolute atomic E-state index is 0.329. The summed E-state index contributed by atoms with van der Waals surface area (Å²) in [6.07, 6.45) is -0.0818. The van der Waals surface area contributed by atoms with Crippen molar-refractivity contribution < 1.29 is 14.9 Å². The van der Waals surface area contributed by atoms with E-state index in [1.54, 1.807) is 14.0 Å². The van der Waals surface area contributed by atoms with E-state index >= 15 is 0 Å². The first-order valence-corrected chi connectivity index (χ1v) is 4.22. The van der Waals surface area contributed by atoms with Crippen molar-refractivity contribution in [1.82, 2.24) is 5.32 Å². The highest BCUT2D eigenvalue weighted by atomic mass is 16.5. The topological polar surface area (TPSA) is 61.7 Å². The summed E-state index contributed by atoms with van der Waals surface area (Å²) in [6.45, 7) is 3.37. The van der Waals surface area contributed by atoms with Crippen LogP contribution in [0.1, 0.15) is 13.3 Å². The smallest absolute Gasteiger partial charge is 0.0785 e. The molecule has 2 atom stereocenters. The number of hydrogen-bond acceptors (Lipinski definition) is 4. The summed E-state index contributed by atoms with van der Waals surface area (Å²) in [7, 11) is 1.56. The van der Waals surface area contributed by atoms with Crippen molar-refractivity contribution >= 4 is 0 Å². The number of aliphatic hydroxyl groups excluding tert-OH is 2. The van der Waals surface area contributed by atoms with Gasteiger partial charge in [-0.1, -0.05) is 0 Å². The Kier molecular flexibility index (Phi) is 7.39. The Morgan fingerprint density at radius 1 is 1.42 bits per heavy atom. The summed E-state index contributed by atoms with van der Waals surface area (Å²) in [4.78, 5) is 0. The molecule has 0 fully saturated rings. The van der Waals surface area contributed by atoms with Gasteiger partial charge < -0.3 is 20.3 Å². The third kappa shape index (κ3) is 7.94. The number of hydrogen-bond donors (Lipinski definition) is 3. The fourth-order valence-electron chi connectivity index (χ4n) is 0.855. The highest BCUT2D eigenvalue weighted by Gasteiger charge is 2.02. The Hall–Kier alpha value is -0.160. The van der Waals surface area contributed by atoms with Crippen molar-refractivity contribution in [2.75, 3.05) is 26.8 Å². The molecule has 0 aromatic rings. The van der Waals surface area contributed by atoms with E-state index in [0.29, 0.717) is 26.1 Å². The van der Waals surface area contributed by atoms with Gasteiger partial charge >= 0.3 is 0 Å². The van der Waals surface area contributed by atoms with E-state index in [9.17, 15) is 5.11 Å². The van der Waals surface area contributed by atoms with E-state index < -0.39 is 6.10 Å². The number of aliphatic hydroxyl groups is 2. The third-order valence-electron chi connectivity index (χ3n) is 1.45. The van der Waals surface area contributed by atoms with Crippen LogP contribution in [0.25, 0.3) is 0 Å². The van der Waals surface area contributed by atoms with Crippen molar-refractivity contribution in [3.8, 4) is 0 Å². The van der Waals surface area contributed by atoms with Gasteiger partial charge in [0.15, 0.2) is 0 Å². The minimum atomic E-state index is -0.406. The quantitative estimate of drug-likeness (QED) is 0.452. The second kappa shape index (κ2) is 7.49. The number of methoxy groups -OCH3 is 1. The lowest BCUT2D eigenvalue weighted by Crippen LogP contribution is -2.28. The van der Waals surface area contributed by atoms with Crippen LogP contribution in [0.4, 0.5) is 0 Å². The molecule has 0 saturated carbocycles. The first-order valence-electron chi connectivity index (χ1n) is 4.22. The van der Waals surface area contributed by atoms with Crippen molar-refractivity contribution in [3.05, 3.63) is 0 Å². The lowest BCUT2D eigenvalue weighted by Gasteiger charge is -2.10. The Balaban J connectivity index is 3.08. The molecular weight excluding hydrogens is 158 g/mol. The molecule has 0 spiro atoms. The summed E-state index contributed by atoms with van der Waals surface area (Å²) in [5, 5.41) is 21.1. The third-order valence-corrected chi connectivity index (χ3v) is 1.45. The molecule has 0 aromatic heterocycles. The normalized spacial score (nSPS) is 16.0. The van der Waals surface area contributed by atoms with Crippen molar-refractivity contribution in [1.29, 1.82) is 0 Å². The lowest BCUT2D eigenvalue weighted by atomic mass is 10.2. The van der Waals surface area contributed by atoms with Crippen molar-refractivity contribution in [3.63, 3.8) is 0 Å². The fourth-order valence-corrected chi connectivity index (χ4v) is 0.855. The maximum Gasteiger partial charge on any atom is 0.0785 e. The highest BCUT2D eigenvalue weighted by Crippen LogP contribution is 1.89.